The second-order valence-electron chi connectivity index (χ2n) is 12.3. The number of anilines is 1. The lowest BCUT2D eigenvalue weighted by molar-refractivity contribution is 0.0853. The quantitative estimate of drug-likeness (QED) is 0.111. The zero-order chi connectivity index (χ0) is 38.2. The normalized spacial score (nSPS) is 15.8. The zero-order valence-electron chi connectivity index (χ0n) is 31.4. The number of rotatable bonds is 17. The van der Waals surface area contributed by atoms with Gasteiger partial charge in [0.1, 0.15) is 11.9 Å². The Balaban J connectivity index is 1.02. The van der Waals surface area contributed by atoms with Gasteiger partial charge in [-0.15, -0.1) is 0 Å². The molecule has 0 fully saturated rings. The van der Waals surface area contributed by atoms with Crippen LogP contribution in [0.25, 0.3) is 0 Å². The third-order valence-electron chi connectivity index (χ3n) is 9.13. The molecule has 2 heterocycles. The number of methoxy groups -OCH3 is 7. The molecule has 4 aromatic rings. The summed E-state index contributed by atoms with van der Waals surface area (Å²) in [4.78, 5) is 18.7. The minimum absolute atomic E-state index is 0.194. The highest BCUT2D eigenvalue weighted by Crippen LogP contribution is 2.44. The molecular weight excluding hydrogens is 698 g/mol. The maximum atomic E-state index is 12.8. The number of carbonyl (C=O) groups excluding carboxylic acids is 1. The molecule has 286 valence electrons. The largest absolute Gasteiger partial charge is 0.497 e. The van der Waals surface area contributed by atoms with Gasteiger partial charge >= 0.3 is 0 Å². The summed E-state index contributed by atoms with van der Waals surface area (Å²) in [5.41, 5.74) is 4.41. The maximum absolute atomic E-state index is 12.8. The molecule has 14 nitrogen and oxygen atoms in total. The highest BCUT2D eigenvalue weighted by Gasteiger charge is 2.29. The number of benzene rings is 4. The molecule has 2 unspecified atom stereocenters. The first-order chi connectivity index (χ1) is 26.3. The smallest absolute Gasteiger partial charge is 0.255 e. The molecule has 0 saturated carbocycles. The molecule has 0 saturated heterocycles. The summed E-state index contributed by atoms with van der Waals surface area (Å²) in [6.45, 7) is 0.839. The Morgan fingerprint density at radius 1 is 0.630 bits per heavy atom. The van der Waals surface area contributed by atoms with Crippen LogP contribution >= 0.6 is 0 Å². The number of hydrogen-bond acceptors (Lipinski definition) is 13. The molecule has 14 heteroatoms. The van der Waals surface area contributed by atoms with Crippen molar-refractivity contribution in [3.05, 3.63) is 82.9 Å². The summed E-state index contributed by atoms with van der Waals surface area (Å²) >= 11 is 0. The number of nitrogens with zero attached hydrogens (tertiary/aromatic N) is 1. The summed E-state index contributed by atoms with van der Waals surface area (Å²) < 4.78 is 51.0. The van der Waals surface area contributed by atoms with Crippen molar-refractivity contribution in [3.63, 3.8) is 0 Å². The summed E-state index contributed by atoms with van der Waals surface area (Å²) in [6, 6.07) is 18.4. The minimum atomic E-state index is -0.438. The van der Waals surface area contributed by atoms with Crippen LogP contribution in [0.15, 0.2) is 65.8 Å². The Bertz CT molecular complexity index is 1950. The number of nitrogens with one attached hydrogen (secondary N) is 2. The predicted octanol–water partition coefficient (Wildman–Crippen LogP) is 6.70. The number of fused-ring (bicyclic) bond motifs is 1. The van der Waals surface area contributed by atoms with Gasteiger partial charge in [-0.05, 0) is 73.0 Å². The zero-order valence-corrected chi connectivity index (χ0v) is 31.4. The number of hydrogen-bond donors (Lipinski definition) is 2. The van der Waals surface area contributed by atoms with Crippen LogP contribution in [0.2, 0.25) is 0 Å². The Morgan fingerprint density at radius 2 is 1.26 bits per heavy atom. The summed E-state index contributed by atoms with van der Waals surface area (Å²) in [7, 11) is 11.0. The molecule has 4 aromatic carbocycles. The van der Waals surface area contributed by atoms with E-state index < -0.39 is 6.17 Å². The molecule has 0 aromatic heterocycles. The van der Waals surface area contributed by atoms with E-state index >= 15 is 0 Å². The molecule has 0 radical (unpaired) electrons. The van der Waals surface area contributed by atoms with Crippen LogP contribution in [0.3, 0.4) is 0 Å². The highest BCUT2D eigenvalue weighted by molar-refractivity contribution is 6.03. The van der Waals surface area contributed by atoms with Crippen LogP contribution in [-0.2, 0) is 4.84 Å². The Labute approximate surface area is 314 Å². The summed E-state index contributed by atoms with van der Waals surface area (Å²) in [5.74, 6) is 4.66. The number of carbonyl (C=O) groups is 1. The van der Waals surface area contributed by atoms with Gasteiger partial charge in [-0.2, -0.15) is 0 Å². The van der Waals surface area contributed by atoms with E-state index in [0.29, 0.717) is 89.8 Å². The topological polar surface area (TPSA) is 146 Å². The molecule has 0 bridgehead atoms. The van der Waals surface area contributed by atoms with Gasteiger partial charge in [-0.1, -0.05) is 11.2 Å². The first-order valence-corrected chi connectivity index (χ1v) is 17.3. The fraction of sp³-hybridized carbons (Fsp3) is 0.350. The van der Waals surface area contributed by atoms with Gasteiger partial charge in [0.05, 0.1) is 74.3 Å². The maximum Gasteiger partial charge on any atom is 0.255 e. The number of ether oxygens (including phenoxy) is 9. The van der Waals surface area contributed by atoms with Crippen molar-refractivity contribution in [2.24, 2.45) is 5.16 Å². The Morgan fingerprint density at radius 3 is 1.89 bits per heavy atom. The Hall–Kier alpha value is -6.18. The molecule has 1 amide bonds. The van der Waals surface area contributed by atoms with Crippen molar-refractivity contribution in [1.29, 1.82) is 0 Å². The van der Waals surface area contributed by atoms with Crippen molar-refractivity contribution in [3.8, 4) is 51.7 Å². The lowest BCUT2D eigenvalue weighted by Crippen LogP contribution is -2.38. The van der Waals surface area contributed by atoms with Gasteiger partial charge in [0, 0.05) is 23.2 Å². The van der Waals surface area contributed by atoms with Crippen molar-refractivity contribution >= 4 is 17.3 Å². The van der Waals surface area contributed by atoms with Crippen LogP contribution < -0.4 is 53.3 Å². The van der Waals surface area contributed by atoms with Crippen molar-refractivity contribution in [1.82, 2.24) is 5.32 Å². The first kappa shape index (κ1) is 37.6. The molecule has 2 aliphatic rings. The molecule has 2 aliphatic heterocycles. The third-order valence-corrected chi connectivity index (χ3v) is 9.13. The molecule has 0 aliphatic carbocycles. The van der Waals surface area contributed by atoms with Crippen molar-refractivity contribution in [2.45, 2.75) is 31.5 Å². The number of unbranched alkanes of at least 4 members (excludes halogenated alkanes) is 1. The first-order valence-electron chi connectivity index (χ1n) is 17.3. The average molecular weight is 744 g/mol. The molecule has 0 spiro atoms. The highest BCUT2D eigenvalue weighted by atomic mass is 16.6. The van der Waals surface area contributed by atoms with Gasteiger partial charge in [0.2, 0.25) is 11.5 Å². The average Bonchev–Trinajstić information content (AvgIpc) is 3.71. The summed E-state index contributed by atoms with van der Waals surface area (Å²) in [6.07, 6.45) is 1.11. The summed E-state index contributed by atoms with van der Waals surface area (Å²) in [5, 5.41) is 10.7. The molecular formula is C40H45N3O11. The third kappa shape index (κ3) is 7.92. The van der Waals surface area contributed by atoms with E-state index in [-0.39, 0.29) is 12.0 Å². The van der Waals surface area contributed by atoms with Crippen molar-refractivity contribution in [2.75, 3.05) is 68.3 Å². The lowest BCUT2D eigenvalue weighted by Gasteiger charge is -2.28. The van der Waals surface area contributed by atoms with Gasteiger partial charge < -0.3 is 58.1 Å². The lowest BCUT2D eigenvalue weighted by atomic mass is 9.99. The standard InChI is InChI=1S/C40H45N3O11/c1-45-26-11-12-28-27(21-26)40(44)42-39(41-28)23-10-13-30(32(16-23)46-2)52-14-8-9-15-53-38-35(49-5)17-24(18-36(38)50-6)29-22-31(54-43-29)25-19-33(47-3)37(51-7)34(20-25)48-4/h10-13,16-21,31,39,41H,8-9,14-15,22H2,1-7H3,(H,42,44). The van der Waals surface area contributed by atoms with E-state index in [1.165, 1.54) is 0 Å². The fourth-order valence-electron chi connectivity index (χ4n) is 6.28. The van der Waals surface area contributed by atoms with E-state index in [9.17, 15) is 4.79 Å². The van der Waals surface area contributed by atoms with E-state index in [0.717, 1.165) is 28.1 Å². The SMILES string of the molecule is COc1ccc2c(c1)C(=O)NC(c1ccc(OCCCCOc3c(OC)cc(C4=NOC(c5cc(OC)c(OC)c(OC)c5)C4)cc3OC)c(OC)c1)N2. The van der Waals surface area contributed by atoms with E-state index in [1.807, 2.05) is 54.6 Å². The van der Waals surface area contributed by atoms with Crippen LogP contribution in [0.1, 0.15) is 58.6 Å². The van der Waals surface area contributed by atoms with Crippen LogP contribution in [-0.4, -0.2) is 74.6 Å². The number of amides is 1. The molecule has 54 heavy (non-hydrogen) atoms. The monoisotopic (exact) mass is 743 g/mol. The second kappa shape index (κ2) is 17.1. The predicted molar refractivity (Wildman–Crippen MR) is 201 cm³/mol. The van der Waals surface area contributed by atoms with Crippen LogP contribution in [0.5, 0.6) is 51.7 Å². The van der Waals surface area contributed by atoms with Gasteiger partial charge in [-0.25, -0.2) is 0 Å². The van der Waals surface area contributed by atoms with E-state index in [1.54, 1.807) is 55.8 Å². The molecule has 2 atom stereocenters. The Kier molecular flexibility index (Phi) is 11.9. The van der Waals surface area contributed by atoms with Crippen molar-refractivity contribution < 1.29 is 52.3 Å². The van der Waals surface area contributed by atoms with Gasteiger partial charge in [0.25, 0.3) is 5.91 Å². The van der Waals surface area contributed by atoms with E-state index in [2.05, 4.69) is 15.8 Å². The van der Waals surface area contributed by atoms with Gasteiger partial charge in [0.15, 0.2) is 40.6 Å². The van der Waals surface area contributed by atoms with Crippen LogP contribution in [0, 0.1) is 0 Å². The fourth-order valence-corrected chi connectivity index (χ4v) is 6.28. The second-order valence-corrected chi connectivity index (χ2v) is 12.3. The van der Waals surface area contributed by atoms with E-state index in [4.69, 9.17) is 47.5 Å². The molecule has 2 N–H and O–H groups in total. The molecule has 6 rings (SSSR count). The minimum Gasteiger partial charge on any atom is -0.497 e. The number of oxime groups is 1. The van der Waals surface area contributed by atoms with Crippen LogP contribution in [0.4, 0.5) is 5.69 Å². The van der Waals surface area contributed by atoms with Gasteiger partial charge in [-0.3, -0.25) is 4.79 Å².